The number of nitrogen functional groups attached to an aromatic ring is 1. The number of nitrogens with two attached hydrogens (primary N) is 1. The number of rotatable bonds is 4. The number of nitrogens with zero attached hydrogens (tertiary/aromatic N) is 1. The first-order chi connectivity index (χ1) is 8.24. The molecule has 0 aliphatic rings. The number of anilines is 1. The second-order valence-electron chi connectivity index (χ2n) is 3.90. The summed E-state index contributed by atoms with van der Waals surface area (Å²) in [4.78, 5) is 4.31. The third-order valence-electron chi connectivity index (χ3n) is 2.62. The number of aromatic nitrogens is 1. The summed E-state index contributed by atoms with van der Waals surface area (Å²) in [5.74, 6) is 0.0434. The van der Waals surface area contributed by atoms with Gasteiger partial charge in [-0.2, -0.15) is 0 Å². The van der Waals surface area contributed by atoms with Crippen molar-refractivity contribution >= 4 is 22.4 Å². The Hall–Kier alpha value is -2.10. The van der Waals surface area contributed by atoms with Crippen molar-refractivity contribution in [3.63, 3.8) is 0 Å². The smallest absolute Gasteiger partial charge is 0.126 e. The fraction of sp³-hybridized carbons (Fsp3) is 0.231. The first kappa shape index (κ1) is 11.4. The number of fused-ring (bicyclic) bond motifs is 1. The molecule has 0 amide bonds. The van der Waals surface area contributed by atoms with E-state index in [1.54, 1.807) is 6.20 Å². The van der Waals surface area contributed by atoms with Crippen LogP contribution in [0.1, 0.15) is 18.9 Å². The minimum atomic E-state index is 0.0434. The van der Waals surface area contributed by atoms with Gasteiger partial charge in [-0.3, -0.25) is 10.4 Å². The van der Waals surface area contributed by atoms with Gasteiger partial charge in [-0.05, 0) is 12.5 Å². The van der Waals surface area contributed by atoms with E-state index in [0.29, 0.717) is 5.56 Å². The first-order valence-electron chi connectivity index (χ1n) is 5.70. The highest BCUT2D eigenvalue weighted by molar-refractivity contribution is 6.07. The van der Waals surface area contributed by atoms with Crippen LogP contribution in [0.5, 0.6) is 0 Å². The highest BCUT2D eigenvalue weighted by atomic mass is 14.9. The van der Waals surface area contributed by atoms with Crippen molar-refractivity contribution in [3.8, 4) is 0 Å². The highest BCUT2D eigenvalue weighted by Crippen LogP contribution is 2.25. The van der Waals surface area contributed by atoms with Crippen LogP contribution in [-0.2, 0) is 0 Å². The molecule has 88 valence electrons. The normalized spacial score (nSPS) is 10.4. The van der Waals surface area contributed by atoms with E-state index >= 15 is 0 Å². The maximum Gasteiger partial charge on any atom is 0.126 e. The van der Waals surface area contributed by atoms with Crippen LogP contribution >= 0.6 is 0 Å². The fourth-order valence-corrected chi connectivity index (χ4v) is 1.79. The summed E-state index contributed by atoms with van der Waals surface area (Å²) in [6.45, 7) is 2.96. The Morgan fingerprint density at radius 3 is 2.88 bits per heavy atom. The largest absolute Gasteiger partial charge is 0.384 e. The maximum atomic E-state index is 7.58. The van der Waals surface area contributed by atoms with Crippen molar-refractivity contribution < 1.29 is 0 Å². The summed E-state index contributed by atoms with van der Waals surface area (Å²) < 4.78 is 0. The molecular formula is C13H16N4. The van der Waals surface area contributed by atoms with Gasteiger partial charge in [0, 0.05) is 18.1 Å². The van der Waals surface area contributed by atoms with Crippen molar-refractivity contribution in [1.29, 1.82) is 5.41 Å². The Labute approximate surface area is 100 Å². The van der Waals surface area contributed by atoms with E-state index < -0.39 is 0 Å². The zero-order chi connectivity index (χ0) is 12.3. The third-order valence-corrected chi connectivity index (χ3v) is 2.62. The Bertz CT molecular complexity index is 548. The minimum Gasteiger partial charge on any atom is -0.384 e. The molecule has 1 heterocycles. The van der Waals surface area contributed by atoms with Gasteiger partial charge < -0.3 is 11.1 Å². The van der Waals surface area contributed by atoms with Crippen LogP contribution in [0.2, 0.25) is 0 Å². The van der Waals surface area contributed by atoms with Gasteiger partial charge in [0.15, 0.2) is 0 Å². The van der Waals surface area contributed by atoms with Gasteiger partial charge in [0.25, 0.3) is 0 Å². The summed E-state index contributed by atoms with van der Waals surface area (Å²) >= 11 is 0. The lowest BCUT2D eigenvalue weighted by atomic mass is 10.1. The number of para-hydroxylation sites is 1. The number of hydrogen-bond donors (Lipinski definition) is 3. The van der Waals surface area contributed by atoms with Gasteiger partial charge in [0.2, 0.25) is 0 Å². The zero-order valence-electron chi connectivity index (χ0n) is 9.83. The SMILES string of the molecule is CCCNc1c(C(=N)N)cnc2ccccc12. The molecule has 0 fully saturated rings. The molecule has 0 unspecified atom stereocenters. The molecule has 4 nitrogen and oxygen atoms in total. The molecule has 1 aromatic carbocycles. The van der Waals surface area contributed by atoms with Gasteiger partial charge in [0.1, 0.15) is 5.84 Å². The van der Waals surface area contributed by atoms with Gasteiger partial charge in [0.05, 0.1) is 16.8 Å². The van der Waals surface area contributed by atoms with E-state index in [-0.39, 0.29) is 5.84 Å². The summed E-state index contributed by atoms with van der Waals surface area (Å²) in [7, 11) is 0. The molecule has 2 aromatic rings. The lowest BCUT2D eigenvalue weighted by Gasteiger charge is -2.13. The third kappa shape index (κ3) is 2.20. The summed E-state index contributed by atoms with van der Waals surface area (Å²) in [5.41, 5.74) is 8.07. The second-order valence-corrected chi connectivity index (χ2v) is 3.90. The van der Waals surface area contributed by atoms with Crippen molar-refractivity contribution in [2.75, 3.05) is 11.9 Å². The number of amidine groups is 1. The second kappa shape index (κ2) is 4.82. The summed E-state index contributed by atoms with van der Waals surface area (Å²) in [5, 5.41) is 11.9. The predicted octanol–water partition coefficient (Wildman–Crippen LogP) is 2.34. The molecule has 4 N–H and O–H groups in total. The fourth-order valence-electron chi connectivity index (χ4n) is 1.79. The quantitative estimate of drug-likeness (QED) is 0.555. The molecule has 0 saturated heterocycles. The Morgan fingerprint density at radius 1 is 1.41 bits per heavy atom. The average molecular weight is 228 g/mol. The lowest BCUT2D eigenvalue weighted by molar-refractivity contribution is 0.980. The minimum absolute atomic E-state index is 0.0434. The molecule has 0 spiro atoms. The lowest BCUT2D eigenvalue weighted by Crippen LogP contribution is -2.15. The molecule has 0 saturated carbocycles. The first-order valence-corrected chi connectivity index (χ1v) is 5.70. The van der Waals surface area contributed by atoms with Crippen molar-refractivity contribution in [3.05, 3.63) is 36.0 Å². The van der Waals surface area contributed by atoms with Gasteiger partial charge in [-0.25, -0.2) is 0 Å². The maximum absolute atomic E-state index is 7.58. The van der Waals surface area contributed by atoms with Crippen LogP contribution in [0.4, 0.5) is 5.69 Å². The van der Waals surface area contributed by atoms with E-state index in [1.807, 2.05) is 24.3 Å². The van der Waals surface area contributed by atoms with E-state index in [0.717, 1.165) is 29.6 Å². The summed E-state index contributed by atoms with van der Waals surface area (Å²) in [6.07, 6.45) is 2.68. The molecule has 0 radical (unpaired) electrons. The van der Waals surface area contributed by atoms with Crippen LogP contribution in [0.3, 0.4) is 0 Å². The van der Waals surface area contributed by atoms with Crippen LogP contribution in [0.15, 0.2) is 30.5 Å². The van der Waals surface area contributed by atoms with E-state index in [1.165, 1.54) is 0 Å². The average Bonchev–Trinajstić information content (AvgIpc) is 2.35. The number of pyridine rings is 1. The number of nitrogens with one attached hydrogen (secondary N) is 2. The standard InChI is InChI=1S/C13H16N4/c1-2-7-16-12-9-5-3-4-6-11(9)17-8-10(12)13(14)15/h3-6,8H,2,7H2,1H3,(H3,14,15)(H,16,17). The van der Waals surface area contributed by atoms with Gasteiger partial charge in [-0.1, -0.05) is 25.1 Å². The zero-order valence-corrected chi connectivity index (χ0v) is 9.83. The molecule has 0 atom stereocenters. The number of hydrogen-bond acceptors (Lipinski definition) is 3. The summed E-state index contributed by atoms with van der Waals surface area (Å²) in [6, 6.07) is 7.86. The van der Waals surface area contributed by atoms with Crippen molar-refractivity contribution in [1.82, 2.24) is 4.98 Å². The van der Waals surface area contributed by atoms with E-state index in [2.05, 4.69) is 17.2 Å². The topological polar surface area (TPSA) is 74.8 Å². The van der Waals surface area contributed by atoms with Gasteiger partial charge >= 0.3 is 0 Å². The molecule has 1 aromatic heterocycles. The molecule has 0 aliphatic heterocycles. The van der Waals surface area contributed by atoms with Crippen molar-refractivity contribution in [2.45, 2.75) is 13.3 Å². The van der Waals surface area contributed by atoms with Crippen LogP contribution in [-0.4, -0.2) is 17.4 Å². The Kier molecular flexibility index (Phi) is 3.23. The highest BCUT2D eigenvalue weighted by Gasteiger charge is 2.09. The van der Waals surface area contributed by atoms with Gasteiger partial charge in [-0.15, -0.1) is 0 Å². The molecule has 4 heteroatoms. The van der Waals surface area contributed by atoms with E-state index in [9.17, 15) is 0 Å². The Balaban J connectivity index is 2.61. The van der Waals surface area contributed by atoms with Crippen LogP contribution in [0, 0.1) is 5.41 Å². The van der Waals surface area contributed by atoms with E-state index in [4.69, 9.17) is 11.1 Å². The van der Waals surface area contributed by atoms with Crippen LogP contribution in [0.25, 0.3) is 10.9 Å². The number of benzene rings is 1. The predicted molar refractivity (Wildman–Crippen MR) is 71.5 cm³/mol. The molecule has 0 aliphatic carbocycles. The van der Waals surface area contributed by atoms with Crippen molar-refractivity contribution in [2.24, 2.45) is 5.73 Å². The molecule has 0 bridgehead atoms. The molecule has 17 heavy (non-hydrogen) atoms. The monoisotopic (exact) mass is 228 g/mol. The Morgan fingerprint density at radius 2 is 2.18 bits per heavy atom. The molecular weight excluding hydrogens is 212 g/mol. The molecule has 2 rings (SSSR count). The van der Waals surface area contributed by atoms with Crippen LogP contribution < -0.4 is 11.1 Å².